The quantitative estimate of drug-likeness (QED) is 0.303. The van der Waals surface area contributed by atoms with E-state index in [4.69, 9.17) is 14.7 Å². The summed E-state index contributed by atoms with van der Waals surface area (Å²) in [5.74, 6) is 2.54. The summed E-state index contributed by atoms with van der Waals surface area (Å²) >= 11 is 1.43. The summed E-state index contributed by atoms with van der Waals surface area (Å²) in [6.07, 6.45) is 1.96. The predicted molar refractivity (Wildman–Crippen MR) is 134 cm³/mol. The second-order valence-electron chi connectivity index (χ2n) is 8.42. The maximum absolute atomic E-state index is 12.0. The number of aromatic nitrogens is 4. The third-order valence-electron chi connectivity index (χ3n) is 5.13. The number of hydrogen-bond acceptors (Lipinski definition) is 9. The number of carbonyl (C=O) groups is 1. The van der Waals surface area contributed by atoms with Crippen molar-refractivity contribution in [2.45, 2.75) is 29.8 Å². The zero-order chi connectivity index (χ0) is 24.1. The molecule has 0 aliphatic heterocycles. The van der Waals surface area contributed by atoms with Gasteiger partial charge in [-0.2, -0.15) is 5.10 Å². The summed E-state index contributed by atoms with van der Waals surface area (Å²) in [5, 5.41) is 17.3. The third kappa shape index (κ3) is 6.39. The standard InChI is InChI=1S/C23H30N8O2S/c1-14-13-18(30-29-14)26-21-19(33-4)20(24-11-12-31(2)3)27-23(28-21)34-17-9-7-16(8-10-17)25-22(32)15-5-6-15/h7-10,13,15H,5-6,11-12H2,1-4H3,(H,25,32)(H3,24,26,27,28,29,30). The molecule has 2 aromatic heterocycles. The van der Waals surface area contributed by atoms with Crippen LogP contribution in [0, 0.1) is 12.8 Å². The Kier molecular flexibility index (Phi) is 7.53. The Morgan fingerprint density at radius 2 is 1.94 bits per heavy atom. The monoisotopic (exact) mass is 482 g/mol. The molecular weight excluding hydrogens is 452 g/mol. The van der Waals surface area contributed by atoms with Crippen molar-refractivity contribution in [3.63, 3.8) is 0 Å². The maximum Gasteiger partial charge on any atom is 0.227 e. The Morgan fingerprint density at radius 1 is 1.21 bits per heavy atom. The number of nitrogens with zero attached hydrogens (tertiary/aromatic N) is 4. The van der Waals surface area contributed by atoms with Gasteiger partial charge in [-0.15, -0.1) is 0 Å². The van der Waals surface area contributed by atoms with Gasteiger partial charge in [-0.3, -0.25) is 9.89 Å². The van der Waals surface area contributed by atoms with E-state index in [-0.39, 0.29) is 11.8 Å². The molecule has 0 radical (unpaired) electrons. The lowest BCUT2D eigenvalue weighted by Gasteiger charge is -2.16. The number of aryl methyl sites for hydroxylation is 1. The van der Waals surface area contributed by atoms with Crippen LogP contribution in [0.2, 0.25) is 0 Å². The van der Waals surface area contributed by atoms with Gasteiger partial charge in [0.05, 0.1) is 7.11 Å². The summed E-state index contributed by atoms with van der Waals surface area (Å²) < 4.78 is 5.64. The van der Waals surface area contributed by atoms with Crippen LogP contribution in [0.1, 0.15) is 18.5 Å². The van der Waals surface area contributed by atoms with Crippen molar-refractivity contribution in [1.29, 1.82) is 0 Å². The number of nitrogens with one attached hydrogen (secondary N) is 4. The first-order valence-electron chi connectivity index (χ1n) is 11.1. The number of rotatable bonds is 11. The minimum absolute atomic E-state index is 0.0941. The van der Waals surface area contributed by atoms with E-state index in [1.54, 1.807) is 7.11 Å². The Morgan fingerprint density at radius 3 is 2.56 bits per heavy atom. The van der Waals surface area contributed by atoms with Crippen molar-refractivity contribution in [1.82, 2.24) is 25.1 Å². The van der Waals surface area contributed by atoms with Gasteiger partial charge in [-0.05, 0) is 69.9 Å². The normalized spacial score (nSPS) is 13.1. The van der Waals surface area contributed by atoms with Crippen LogP contribution in [-0.2, 0) is 4.79 Å². The van der Waals surface area contributed by atoms with Crippen molar-refractivity contribution in [2.75, 3.05) is 50.2 Å². The van der Waals surface area contributed by atoms with Crippen LogP contribution in [0.4, 0.5) is 23.1 Å². The van der Waals surface area contributed by atoms with Crippen molar-refractivity contribution in [3.05, 3.63) is 36.0 Å². The fraction of sp³-hybridized carbons (Fsp3) is 0.391. The molecule has 1 aliphatic rings. The number of hydrogen-bond donors (Lipinski definition) is 4. The molecule has 1 saturated carbocycles. The summed E-state index contributed by atoms with van der Waals surface area (Å²) in [5.41, 5.74) is 1.72. The van der Waals surface area contributed by atoms with Crippen molar-refractivity contribution in [2.24, 2.45) is 5.92 Å². The van der Waals surface area contributed by atoms with E-state index < -0.39 is 0 Å². The number of H-pyrrole nitrogens is 1. The smallest absolute Gasteiger partial charge is 0.227 e. The number of aromatic amines is 1. The highest BCUT2D eigenvalue weighted by atomic mass is 32.2. The number of ether oxygens (including phenoxy) is 1. The molecule has 11 heteroatoms. The Bertz CT molecular complexity index is 1130. The van der Waals surface area contributed by atoms with Gasteiger partial charge in [-0.1, -0.05) is 0 Å². The molecule has 2 heterocycles. The van der Waals surface area contributed by atoms with E-state index in [1.165, 1.54) is 11.8 Å². The minimum Gasteiger partial charge on any atom is -0.490 e. The van der Waals surface area contributed by atoms with E-state index >= 15 is 0 Å². The summed E-state index contributed by atoms with van der Waals surface area (Å²) in [4.78, 5) is 24.4. The van der Waals surface area contributed by atoms with Crippen LogP contribution < -0.4 is 20.7 Å². The third-order valence-corrected chi connectivity index (χ3v) is 6.01. The zero-order valence-corrected chi connectivity index (χ0v) is 20.6. The Balaban J connectivity index is 1.55. The Hall–Kier alpha value is -3.31. The molecule has 0 spiro atoms. The maximum atomic E-state index is 12.0. The highest BCUT2D eigenvalue weighted by molar-refractivity contribution is 7.99. The van der Waals surface area contributed by atoms with Crippen LogP contribution in [0.25, 0.3) is 0 Å². The molecule has 3 aromatic rings. The molecule has 1 aromatic carbocycles. The first-order valence-corrected chi connectivity index (χ1v) is 12.0. The first kappa shape index (κ1) is 23.8. The van der Waals surface area contributed by atoms with Crippen molar-refractivity contribution < 1.29 is 9.53 Å². The number of likely N-dealkylation sites (N-methyl/N-ethyl adjacent to an activating group) is 1. The number of carbonyl (C=O) groups excluding carboxylic acids is 1. The van der Waals surface area contributed by atoms with Crippen LogP contribution in [-0.4, -0.2) is 65.3 Å². The second kappa shape index (κ2) is 10.7. The van der Waals surface area contributed by atoms with Crippen molar-refractivity contribution in [3.8, 4) is 5.75 Å². The van der Waals surface area contributed by atoms with Crippen LogP contribution >= 0.6 is 11.8 Å². The topological polar surface area (TPSA) is 120 Å². The molecule has 34 heavy (non-hydrogen) atoms. The summed E-state index contributed by atoms with van der Waals surface area (Å²) in [6.45, 7) is 3.47. The molecule has 1 aliphatic carbocycles. The van der Waals surface area contributed by atoms with Gasteiger partial charge in [0.15, 0.2) is 22.6 Å². The van der Waals surface area contributed by atoms with Gasteiger partial charge in [0, 0.05) is 41.4 Å². The largest absolute Gasteiger partial charge is 0.490 e. The van der Waals surface area contributed by atoms with Gasteiger partial charge < -0.3 is 25.6 Å². The van der Waals surface area contributed by atoms with Gasteiger partial charge in [0.25, 0.3) is 0 Å². The van der Waals surface area contributed by atoms with E-state index in [1.807, 2.05) is 51.4 Å². The first-order chi connectivity index (χ1) is 16.4. The van der Waals surface area contributed by atoms with Crippen LogP contribution in [0.15, 0.2) is 40.4 Å². The SMILES string of the molecule is COc1c(NCCN(C)C)nc(Sc2ccc(NC(=O)C3CC3)cc2)nc1Nc1cc(C)[nH]n1. The number of methoxy groups -OCH3 is 1. The molecule has 180 valence electrons. The van der Waals surface area contributed by atoms with Crippen molar-refractivity contribution >= 4 is 40.8 Å². The van der Waals surface area contributed by atoms with E-state index in [0.29, 0.717) is 34.9 Å². The molecule has 4 rings (SSSR count). The molecule has 1 amide bonds. The number of benzene rings is 1. The molecule has 0 bridgehead atoms. The number of anilines is 4. The molecule has 0 atom stereocenters. The zero-order valence-electron chi connectivity index (χ0n) is 19.8. The predicted octanol–water partition coefficient (Wildman–Crippen LogP) is 3.73. The molecule has 4 N–H and O–H groups in total. The van der Waals surface area contributed by atoms with E-state index in [9.17, 15) is 4.79 Å². The molecule has 1 fully saturated rings. The van der Waals surface area contributed by atoms with Gasteiger partial charge in [0.2, 0.25) is 11.7 Å². The fourth-order valence-electron chi connectivity index (χ4n) is 3.18. The number of amides is 1. The average Bonchev–Trinajstić information content (AvgIpc) is 3.57. The summed E-state index contributed by atoms with van der Waals surface area (Å²) in [7, 11) is 5.63. The second-order valence-corrected chi connectivity index (χ2v) is 9.46. The highest BCUT2D eigenvalue weighted by Gasteiger charge is 2.29. The van der Waals surface area contributed by atoms with Gasteiger partial charge in [-0.25, -0.2) is 9.97 Å². The fourth-order valence-corrected chi connectivity index (χ4v) is 3.93. The minimum atomic E-state index is 0.0941. The lowest BCUT2D eigenvalue weighted by molar-refractivity contribution is -0.117. The van der Waals surface area contributed by atoms with Gasteiger partial charge >= 0.3 is 0 Å². The van der Waals surface area contributed by atoms with E-state index in [2.05, 4.69) is 31.0 Å². The Labute approximate surface area is 203 Å². The highest BCUT2D eigenvalue weighted by Crippen LogP contribution is 2.36. The lowest BCUT2D eigenvalue weighted by atomic mass is 10.3. The molecule has 0 unspecified atom stereocenters. The molecule has 10 nitrogen and oxygen atoms in total. The molecular formula is C23H30N8O2S. The van der Waals surface area contributed by atoms with E-state index in [0.717, 1.165) is 35.7 Å². The van der Waals surface area contributed by atoms with Crippen LogP contribution in [0.3, 0.4) is 0 Å². The average molecular weight is 483 g/mol. The van der Waals surface area contributed by atoms with Crippen LogP contribution in [0.5, 0.6) is 5.75 Å². The van der Waals surface area contributed by atoms with Gasteiger partial charge in [0.1, 0.15) is 0 Å². The summed E-state index contributed by atoms with van der Waals surface area (Å²) in [6, 6.07) is 9.58. The lowest BCUT2D eigenvalue weighted by Crippen LogP contribution is -2.21. The molecule has 0 saturated heterocycles.